The molecule has 0 amide bonds. The lowest BCUT2D eigenvalue weighted by molar-refractivity contribution is 0.383. The summed E-state index contributed by atoms with van der Waals surface area (Å²) in [4.78, 5) is 6.46. The van der Waals surface area contributed by atoms with E-state index < -0.39 is 0 Å². The molecule has 0 saturated carbocycles. The Bertz CT molecular complexity index is 130. The molecule has 3 heteroatoms. The summed E-state index contributed by atoms with van der Waals surface area (Å²) in [6.07, 6.45) is 1.80. The number of nitrogens with zero attached hydrogens (tertiary/aromatic N) is 2. The van der Waals surface area contributed by atoms with E-state index >= 15 is 0 Å². The van der Waals surface area contributed by atoms with Gasteiger partial charge in [0.1, 0.15) is 0 Å². The number of nitrogens with one attached hydrogen (secondary N) is 1. The minimum absolute atomic E-state index is 0.367. The lowest BCUT2D eigenvalue weighted by Gasteiger charge is -2.13. The van der Waals surface area contributed by atoms with Crippen LogP contribution in [0.3, 0.4) is 0 Å². The SMILES string of the molecule is CC(CN(C)C)N=CNC(C)C. The van der Waals surface area contributed by atoms with Gasteiger partial charge in [-0.05, 0) is 34.9 Å². The molecule has 1 N–H and O–H groups in total. The van der Waals surface area contributed by atoms with Crippen molar-refractivity contribution in [3.05, 3.63) is 0 Å². The highest BCUT2D eigenvalue weighted by molar-refractivity contribution is 5.54. The zero-order chi connectivity index (χ0) is 9.56. The van der Waals surface area contributed by atoms with E-state index in [1.165, 1.54) is 0 Å². The van der Waals surface area contributed by atoms with Crippen LogP contribution >= 0.6 is 0 Å². The Kier molecular flexibility index (Phi) is 5.72. The minimum Gasteiger partial charge on any atom is -0.374 e. The van der Waals surface area contributed by atoms with Crippen molar-refractivity contribution in [3.8, 4) is 0 Å². The first kappa shape index (κ1) is 11.4. The molecule has 0 heterocycles. The van der Waals surface area contributed by atoms with Gasteiger partial charge < -0.3 is 10.2 Å². The van der Waals surface area contributed by atoms with Crippen molar-refractivity contribution in [1.82, 2.24) is 10.2 Å². The van der Waals surface area contributed by atoms with E-state index in [1.807, 2.05) is 0 Å². The second kappa shape index (κ2) is 6.00. The molecule has 12 heavy (non-hydrogen) atoms. The third-order valence-electron chi connectivity index (χ3n) is 1.37. The van der Waals surface area contributed by atoms with Gasteiger partial charge in [-0.2, -0.15) is 0 Å². The van der Waals surface area contributed by atoms with Crippen LogP contribution in [0.1, 0.15) is 20.8 Å². The van der Waals surface area contributed by atoms with E-state index in [0.29, 0.717) is 12.1 Å². The Morgan fingerprint density at radius 1 is 1.33 bits per heavy atom. The maximum absolute atomic E-state index is 4.33. The molecule has 1 atom stereocenters. The maximum atomic E-state index is 4.33. The molecule has 0 aromatic heterocycles. The van der Waals surface area contributed by atoms with Crippen molar-refractivity contribution in [3.63, 3.8) is 0 Å². The van der Waals surface area contributed by atoms with Crippen molar-refractivity contribution in [2.24, 2.45) is 4.99 Å². The summed E-state index contributed by atoms with van der Waals surface area (Å²) in [5.41, 5.74) is 0. The highest BCUT2D eigenvalue weighted by Crippen LogP contribution is 1.89. The van der Waals surface area contributed by atoms with Gasteiger partial charge in [-0.25, -0.2) is 0 Å². The van der Waals surface area contributed by atoms with E-state index in [1.54, 1.807) is 6.34 Å². The molecule has 0 fully saturated rings. The summed E-state index contributed by atoms with van der Waals surface area (Å²) >= 11 is 0. The highest BCUT2D eigenvalue weighted by Gasteiger charge is 1.98. The fraction of sp³-hybridized carbons (Fsp3) is 0.889. The van der Waals surface area contributed by atoms with Gasteiger partial charge in [-0.3, -0.25) is 4.99 Å². The lowest BCUT2D eigenvalue weighted by Crippen LogP contribution is -2.25. The molecule has 3 nitrogen and oxygen atoms in total. The molecule has 1 unspecified atom stereocenters. The summed E-state index contributed by atoms with van der Waals surface area (Å²) in [7, 11) is 4.11. The Morgan fingerprint density at radius 2 is 1.92 bits per heavy atom. The second-order valence-electron chi connectivity index (χ2n) is 3.71. The molecule has 0 radical (unpaired) electrons. The van der Waals surface area contributed by atoms with Crippen LogP contribution in [0.25, 0.3) is 0 Å². The first-order valence-electron chi connectivity index (χ1n) is 4.44. The molecule has 0 aromatic carbocycles. The number of rotatable bonds is 5. The third kappa shape index (κ3) is 7.54. The number of hydrogen-bond donors (Lipinski definition) is 1. The molecule has 0 aromatic rings. The fourth-order valence-corrected chi connectivity index (χ4v) is 0.895. The summed E-state index contributed by atoms with van der Waals surface area (Å²) in [5.74, 6) is 0. The first-order chi connectivity index (χ1) is 5.52. The zero-order valence-corrected chi connectivity index (χ0v) is 8.83. The normalized spacial score (nSPS) is 14.6. The van der Waals surface area contributed by atoms with Gasteiger partial charge in [0, 0.05) is 12.6 Å². The molecule has 0 bridgehead atoms. The standard InChI is InChI=1S/C9H21N3/c1-8(2)10-7-11-9(3)6-12(4)5/h7-9H,6H2,1-5H3,(H,10,11). The predicted octanol–water partition coefficient (Wildman–Crippen LogP) is 0.963. The Morgan fingerprint density at radius 3 is 2.33 bits per heavy atom. The second-order valence-corrected chi connectivity index (χ2v) is 3.71. The predicted molar refractivity (Wildman–Crippen MR) is 54.8 cm³/mol. The van der Waals surface area contributed by atoms with Gasteiger partial charge >= 0.3 is 0 Å². The smallest absolute Gasteiger partial charge is 0.0829 e. The highest BCUT2D eigenvalue weighted by atomic mass is 15.1. The minimum atomic E-state index is 0.367. The molecule has 0 aliphatic rings. The van der Waals surface area contributed by atoms with E-state index in [2.05, 4.69) is 50.1 Å². The lowest BCUT2D eigenvalue weighted by atomic mass is 10.3. The van der Waals surface area contributed by atoms with E-state index in [4.69, 9.17) is 0 Å². The molecular formula is C9H21N3. The maximum Gasteiger partial charge on any atom is 0.0829 e. The Balaban J connectivity index is 3.53. The Labute approximate surface area is 75.9 Å². The summed E-state index contributed by atoms with van der Waals surface area (Å²) in [6, 6.07) is 0.839. The average Bonchev–Trinajstić information content (AvgIpc) is 1.84. The largest absolute Gasteiger partial charge is 0.374 e. The van der Waals surface area contributed by atoms with Crippen LogP contribution < -0.4 is 5.32 Å². The van der Waals surface area contributed by atoms with Crippen LogP contribution in [0.15, 0.2) is 4.99 Å². The van der Waals surface area contributed by atoms with Crippen LogP contribution in [0.4, 0.5) is 0 Å². The van der Waals surface area contributed by atoms with Gasteiger partial charge in [0.15, 0.2) is 0 Å². The Hall–Kier alpha value is -0.570. The molecule has 0 aliphatic heterocycles. The number of aliphatic imine (C=N–C) groups is 1. The van der Waals surface area contributed by atoms with Crippen LogP contribution in [0.5, 0.6) is 0 Å². The average molecular weight is 171 g/mol. The van der Waals surface area contributed by atoms with Gasteiger partial charge in [-0.1, -0.05) is 0 Å². The van der Waals surface area contributed by atoms with E-state index in [9.17, 15) is 0 Å². The molecule has 0 saturated heterocycles. The monoisotopic (exact) mass is 171 g/mol. The quantitative estimate of drug-likeness (QED) is 0.493. The van der Waals surface area contributed by atoms with E-state index in [-0.39, 0.29) is 0 Å². The summed E-state index contributed by atoms with van der Waals surface area (Å²) in [6.45, 7) is 7.31. The third-order valence-corrected chi connectivity index (χ3v) is 1.37. The van der Waals surface area contributed by atoms with Crippen molar-refractivity contribution in [2.45, 2.75) is 32.9 Å². The zero-order valence-electron chi connectivity index (χ0n) is 8.83. The topological polar surface area (TPSA) is 27.6 Å². The van der Waals surface area contributed by atoms with Crippen molar-refractivity contribution in [2.75, 3.05) is 20.6 Å². The summed E-state index contributed by atoms with van der Waals surface area (Å²) in [5, 5.41) is 3.14. The fourth-order valence-electron chi connectivity index (χ4n) is 0.895. The van der Waals surface area contributed by atoms with Gasteiger partial charge in [0.05, 0.1) is 12.4 Å². The molecule has 0 rings (SSSR count). The van der Waals surface area contributed by atoms with Crippen molar-refractivity contribution in [1.29, 1.82) is 0 Å². The van der Waals surface area contributed by atoms with Crippen LogP contribution in [-0.4, -0.2) is 44.0 Å². The van der Waals surface area contributed by atoms with Crippen LogP contribution in [0.2, 0.25) is 0 Å². The molecular weight excluding hydrogens is 150 g/mol. The molecule has 72 valence electrons. The molecule has 0 aliphatic carbocycles. The van der Waals surface area contributed by atoms with Gasteiger partial charge in [0.2, 0.25) is 0 Å². The van der Waals surface area contributed by atoms with Crippen LogP contribution in [0, 0.1) is 0 Å². The van der Waals surface area contributed by atoms with Gasteiger partial charge in [0.25, 0.3) is 0 Å². The van der Waals surface area contributed by atoms with Crippen molar-refractivity contribution < 1.29 is 0 Å². The van der Waals surface area contributed by atoms with Gasteiger partial charge in [-0.15, -0.1) is 0 Å². The van der Waals surface area contributed by atoms with Crippen LogP contribution in [-0.2, 0) is 0 Å². The van der Waals surface area contributed by atoms with E-state index in [0.717, 1.165) is 6.54 Å². The molecule has 0 spiro atoms. The first-order valence-corrected chi connectivity index (χ1v) is 4.44. The number of hydrogen-bond acceptors (Lipinski definition) is 2. The van der Waals surface area contributed by atoms with Crippen molar-refractivity contribution >= 4 is 6.34 Å². The summed E-state index contributed by atoms with van der Waals surface area (Å²) < 4.78 is 0. The number of likely N-dealkylation sites (N-methyl/N-ethyl adjacent to an activating group) is 1.